The smallest absolute Gasteiger partial charge is 0.293 e. The SMILES string of the molecule is O=c1[nH]c(=O)n(Cc2csc(-c3ccccn3)n2)cc1Cl. The van der Waals surface area contributed by atoms with Crippen LogP contribution in [0, 0.1) is 0 Å². The number of aromatic nitrogens is 4. The first-order valence-corrected chi connectivity index (χ1v) is 7.24. The molecule has 0 radical (unpaired) electrons. The molecule has 0 aliphatic heterocycles. The van der Waals surface area contributed by atoms with E-state index in [1.807, 2.05) is 23.6 Å². The Kier molecular flexibility index (Phi) is 3.68. The zero-order chi connectivity index (χ0) is 14.8. The van der Waals surface area contributed by atoms with E-state index in [4.69, 9.17) is 11.6 Å². The van der Waals surface area contributed by atoms with Gasteiger partial charge in [0.2, 0.25) is 0 Å². The number of halogens is 1. The molecule has 0 amide bonds. The minimum absolute atomic E-state index is 0.0326. The molecule has 3 aromatic heterocycles. The van der Waals surface area contributed by atoms with Crippen molar-refractivity contribution >= 4 is 22.9 Å². The topological polar surface area (TPSA) is 80.6 Å². The van der Waals surface area contributed by atoms with Crippen molar-refractivity contribution < 1.29 is 0 Å². The third-order valence-corrected chi connectivity index (χ3v) is 3.92. The van der Waals surface area contributed by atoms with Crippen LogP contribution >= 0.6 is 22.9 Å². The highest BCUT2D eigenvalue weighted by molar-refractivity contribution is 7.13. The van der Waals surface area contributed by atoms with Crippen molar-refractivity contribution in [2.75, 3.05) is 0 Å². The van der Waals surface area contributed by atoms with Crippen molar-refractivity contribution in [1.29, 1.82) is 0 Å². The first-order chi connectivity index (χ1) is 10.1. The van der Waals surface area contributed by atoms with Crippen molar-refractivity contribution in [2.24, 2.45) is 0 Å². The quantitative estimate of drug-likeness (QED) is 0.797. The van der Waals surface area contributed by atoms with Crippen LogP contribution in [0.1, 0.15) is 5.69 Å². The van der Waals surface area contributed by atoms with E-state index in [0.717, 1.165) is 10.7 Å². The lowest BCUT2D eigenvalue weighted by atomic mass is 10.3. The van der Waals surface area contributed by atoms with Gasteiger partial charge in [0, 0.05) is 17.8 Å². The molecule has 3 heterocycles. The molecule has 0 fully saturated rings. The molecule has 0 atom stereocenters. The van der Waals surface area contributed by atoms with E-state index in [1.165, 1.54) is 22.1 Å². The second-order valence-corrected chi connectivity index (χ2v) is 5.49. The van der Waals surface area contributed by atoms with Gasteiger partial charge < -0.3 is 0 Å². The molecule has 0 aromatic carbocycles. The van der Waals surface area contributed by atoms with Gasteiger partial charge in [0.25, 0.3) is 5.56 Å². The Labute approximate surface area is 127 Å². The normalized spacial score (nSPS) is 10.7. The van der Waals surface area contributed by atoms with E-state index in [1.54, 1.807) is 6.20 Å². The summed E-state index contributed by atoms with van der Waals surface area (Å²) in [7, 11) is 0. The van der Waals surface area contributed by atoms with E-state index in [0.29, 0.717) is 5.69 Å². The van der Waals surface area contributed by atoms with E-state index in [9.17, 15) is 9.59 Å². The Balaban J connectivity index is 1.90. The Morgan fingerprint density at radius 2 is 2.19 bits per heavy atom. The van der Waals surface area contributed by atoms with Crippen LogP contribution in [-0.4, -0.2) is 19.5 Å². The van der Waals surface area contributed by atoms with Gasteiger partial charge in [0.1, 0.15) is 10.0 Å². The Morgan fingerprint density at radius 1 is 1.33 bits per heavy atom. The summed E-state index contributed by atoms with van der Waals surface area (Å²) >= 11 is 7.16. The van der Waals surface area contributed by atoms with Crippen LogP contribution in [-0.2, 0) is 6.54 Å². The number of pyridine rings is 1. The number of hydrogen-bond donors (Lipinski definition) is 1. The van der Waals surface area contributed by atoms with E-state index < -0.39 is 11.2 Å². The summed E-state index contributed by atoms with van der Waals surface area (Å²) < 4.78 is 1.31. The molecule has 3 rings (SSSR count). The van der Waals surface area contributed by atoms with Crippen LogP contribution in [0.4, 0.5) is 0 Å². The van der Waals surface area contributed by atoms with Gasteiger partial charge in [-0.1, -0.05) is 17.7 Å². The second-order valence-electron chi connectivity index (χ2n) is 4.22. The molecule has 8 heteroatoms. The van der Waals surface area contributed by atoms with Gasteiger partial charge in [-0.25, -0.2) is 9.78 Å². The monoisotopic (exact) mass is 320 g/mol. The fourth-order valence-electron chi connectivity index (χ4n) is 1.76. The summed E-state index contributed by atoms with van der Waals surface area (Å²) in [6.45, 7) is 0.235. The highest BCUT2D eigenvalue weighted by atomic mass is 35.5. The Bertz CT molecular complexity index is 885. The van der Waals surface area contributed by atoms with E-state index in [2.05, 4.69) is 15.0 Å². The van der Waals surface area contributed by atoms with Gasteiger partial charge in [-0.2, -0.15) is 0 Å². The molecule has 0 aliphatic carbocycles. The van der Waals surface area contributed by atoms with Crippen molar-refractivity contribution in [3.63, 3.8) is 0 Å². The van der Waals surface area contributed by atoms with E-state index in [-0.39, 0.29) is 11.6 Å². The number of aromatic amines is 1. The summed E-state index contributed by atoms with van der Waals surface area (Å²) in [5.74, 6) is 0. The number of thiazole rings is 1. The molecule has 6 nitrogen and oxygen atoms in total. The van der Waals surface area contributed by atoms with Crippen molar-refractivity contribution in [3.8, 4) is 10.7 Å². The number of hydrogen-bond acceptors (Lipinski definition) is 5. The molecule has 0 saturated heterocycles. The first kappa shape index (κ1) is 13.7. The zero-order valence-corrected chi connectivity index (χ0v) is 12.2. The van der Waals surface area contributed by atoms with Crippen LogP contribution in [0.15, 0.2) is 45.6 Å². The minimum atomic E-state index is -0.592. The maximum atomic E-state index is 11.7. The summed E-state index contributed by atoms with van der Waals surface area (Å²) in [5, 5.41) is 2.58. The van der Waals surface area contributed by atoms with Gasteiger partial charge >= 0.3 is 5.69 Å². The number of H-pyrrole nitrogens is 1. The molecule has 3 aromatic rings. The molecule has 0 aliphatic rings. The molecule has 0 bridgehead atoms. The minimum Gasteiger partial charge on any atom is -0.293 e. The average molecular weight is 321 g/mol. The van der Waals surface area contributed by atoms with Crippen LogP contribution in [0.3, 0.4) is 0 Å². The van der Waals surface area contributed by atoms with Gasteiger partial charge in [-0.15, -0.1) is 11.3 Å². The molecule has 21 heavy (non-hydrogen) atoms. The van der Waals surface area contributed by atoms with Gasteiger partial charge in [-0.05, 0) is 12.1 Å². The van der Waals surface area contributed by atoms with Crippen molar-refractivity contribution in [2.45, 2.75) is 6.54 Å². The van der Waals surface area contributed by atoms with Gasteiger partial charge in [0.15, 0.2) is 0 Å². The Hall–Kier alpha value is -2.25. The summed E-state index contributed by atoms with van der Waals surface area (Å²) in [5.41, 5.74) is 0.369. The van der Waals surface area contributed by atoms with Crippen molar-refractivity contribution in [3.05, 3.63) is 67.5 Å². The lowest BCUT2D eigenvalue weighted by Crippen LogP contribution is -2.30. The molecule has 1 N–H and O–H groups in total. The molecular weight excluding hydrogens is 312 g/mol. The molecule has 0 spiro atoms. The van der Waals surface area contributed by atoms with Crippen LogP contribution in [0.5, 0.6) is 0 Å². The summed E-state index contributed by atoms with van der Waals surface area (Å²) in [4.78, 5) is 33.7. The second kappa shape index (κ2) is 5.63. The molecule has 0 unspecified atom stereocenters. The fourth-order valence-corrected chi connectivity index (χ4v) is 2.71. The van der Waals surface area contributed by atoms with Crippen LogP contribution in [0.25, 0.3) is 10.7 Å². The van der Waals surface area contributed by atoms with Crippen LogP contribution in [0.2, 0.25) is 5.02 Å². The zero-order valence-electron chi connectivity index (χ0n) is 10.6. The molecular formula is C13H9ClN4O2S. The number of rotatable bonds is 3. The highest BCUT2D eigenvalue weighted by Gasteiger charge is 2.08. The molecule has 0 saturated carbocycles. The standard InChI is InChI=1S/C13H9ClN4O2S/c14-9-6-18(13(20)17-11(9)19)5-8-7-21-12(16-8)10-3-1-2-4-15-10/h1-4,6-7H,5H2,(H,17,19,20). The summed E-state index contributed by atoms with van der Waals surface area (Å²) in [6.07, 6.45) is 3.01. The van der Waals surface area contributed by atoms with Crippen LogP contribution < -0.4 is 11.2 Å². The molecule has 106 valence electrons. The lowest BCUT2D eigenvalue weighted by molar-refractivity contribution is 0.709. The number of nitrogens with zero attached hydrogens (tertiary/aromatic N) is 3. The Morgan fingerprint density at radius 3 is 2.95 bits per heavy atom. The number of nitrogens with one attached hydrogen (secondary N) is 1. The fraction of sp³-hybridized carbons (Fsp3) is 0.0769. The summed E-state index contributed by atoms with van der Waals surface area (Å²) in [6, 6.07) is 5.58. The predicted molar refractivity (Wildman–Crippen MR) is 80.8 cm³/mol. The maximum Gasteiger partial charge on any atom is 0.328 e. The van der Waals surface area contributed by atoms with Gasteiger partial charge in [0.05, 0.1) is 17.9 Å². The van der Waals surface area contributed by atoms with Crippen molar-refractivity contribution in [1.82, 2.24) is 19.5 Å². The first-order valence-electron chi connectivity index (χ1n) is 5.98. The maximum absolute atomic E-state index is 11.7. The third kappa shape index (κ3) is 2.93. The lowest BCUT2D eigenvalue weighted by Gasteiger charge is -2.02. The average Bonchev–Trinajstić information content (AvgIpc) is 2.94. The largest absolute Gasteiger partial charge is 0.328 e. The van der Waals surface area contributed by atoms with E-state index >= 15 is 0 Å². The highest BCUT2D eigenvalue weighted by Crippen LogP contribution is 2.21. The van der Waals surface area contributed by atoms with Gasteiger partial charge in [-0.3, -0.25) is 19.3 Å². The predicted octanol–water partition coefficient (Wildman–Crippen LogP) is 1.76. The third-order valence-electron chi connectivity index (χ3n) is 2.74.